The molecular formula is C8H14F3N3. The van der Waals surface area contributed by atoms with Crippen molar-refractivity contribution < 1.29 is 13.2 Å². The maximum absolute atomic E-state index is 12.3. The average Bonchev–Trinajstić information content (AvgIpc) is 2.42. The minimum absolute atomic E-state index is 0.308. The summed E-state index contributed by atoms with van der Waals surface area (Å²) in [5.41, 5.74) is 0. The van der Waals surface area contributed by atoms with E-state index in [2.05, 4.69) is 5.10 Å². The predicted molar refractivity (Wildman–Crippen MR) is 47.5 cm³/mol. The lowest BCUT2D eigenvalue weighted by Crippen LogP contribution is -2.45. The van der Waals surface area contributed by atoms with E-state index in [1.165, 1.54) is 11.9 Å². The van der Waals surface area contributed by atoms with Crippen molar-refractivity contribution in [1.29, 1.82) is 0 Å². The summed E-state index contributed by atoms with van der Waals surface area (Å²) >= 11 is 0. The van der Waals surface area contributed by atoms with Crippen molar-refractivity contribution >= 4 is 6.34 Å². The number of halogens is 3. The van der Waals surface area contributed by atoms with Gasteiger partial charge in [0.25, 0.3) is 0 Å². The van der Waals surface area contributed by atoms with Crippen LogP contribution in [-0.4, -0.2) is 35.3 Å². The van der Waals surface area contributed by atoms with E-state index in [-0.39, 0.29) is 0 Å². The van der Waals surface area contributed by atoms with Crippen molar-refractivity contribution in [3.8, 4) is 0 Å². The fraction of sp³-hybridized carbons (Fsp3) is 0.875. The number of hydrogen-bond donors (Lipinski definition) is 0. The van der Waals surface area contributed by atoms with E-state index < -0.39 is 12.5 Å². The summed E-state index contributed by atoms with van der Waals surface area (Å²) in [7, 11) is 0. The largest absolute Gasteiger partial charge is 0.487 e. The zero-order valence-corrected chi connectivity index (χ0v) is 8.25. The highest BCUT2D eigenvalue weighted by Crippen LogP contribution is 2.26. The first-order valence-corrected chi connectivity index (χ1v) is 4.62. The number of nitrogens with zero attached hydrogens (tertiary/aromatic N) is 3. The number of hydrogen-bond acceptors (Lipinski definition) is 3. The molecule has 0 aromatic carbocycles. The highest BCUT2D eigenvalue weighted by molar-refractivity contribution is 5.57. The minimum atomic E-state index is -4.33. The number of alkyl halides is 3. The summed E-state index contributed by atoms with van der Waals surface area (Å²) in [4.78, 5) is 0.308. The van der Waals surface area contributed by atoms with Gasteiger partial charge < -0.3 is 0 Å². The molecule has 1 rings (SSSR count). The third-order valence-electron chi connectivity index (χ3n) is 2.19. The second kappa shape index (κ2) is 4.06. The molecule has 1 aliphatic rings. The Bertz CT molecular complexity index is 214. The monoisotopic (exact) mass is 209 g/mol. The fourth-order valence-electron chi connectivity index (χ4n) is 1.30. The maximum atomic E-state index is 12.3. The zero-order chi connectivity index (χ0) is 10.8. The Kier molecular flexibility index (Phi) is 3.23. The van der Waals surface area contributed by atoms with Gasteiger partial charge in [-0.05, 0) is 13.3 Å². The summed E-state index contributed by atoms with van der Waals surface area (Å²) in [6.07, 6.45) is -2.40. The molecule has 0 amide bonds. The molecule has 0 saturated heterocycles. The topological polar surface area (TPSA) is 18.8 Å². The van der Waals surface area contributed by atoms with E-state index in [1.807, 2.05) is 6.92 Å². The third-order valence-corrected chi connectivity index (χ3v) is 2.19. The Morgan fingerprint density at radius 2 is 2.07 bits per heavy atom. The van der Waals surface area contributed by atoms with E-state index in [9.17, 15) is 13.2 Å². The van der Waals surface area contributed by atoms with Gasteiger partial charge in [0.1, 0.15) is 12.5 Å². The first kappa shape index (κ1) is 11.1. The molecule has 1 unspecified atom stereocenters. The fourth-order valence-corrected chi connectivity index (χ4v) is 1.30. The molecule has 1 aliphatic heterocycles. The minimum Gasteiger partial charge on any atom is -0.273 e. The average molecular weight is 209 g/mol. The van der Waals surface area contributed by atoms with Gasteiger partial charge in [0.15, 0.2) is 0 Å². The zero-order valence-electron chi connectivity index (χ0n) is 8.25. The molecule has 82 valence electrons. The van der Waals surface area contributed by atoms with E-state index in [4.69, 9.17) is 0 Å². The van der Waals surface area contributed by atoms with Crippen LogP contribution >= 0.6 is 0 Å². The van der Waals surface area contributed by atoms with E-state index in [0.717, 1.165) is 19.2 Å². The van der Waals surface area contributed by atoms with Crippen LogP contribution in [0.25, 0.3) is 0 Å². The summed E-state index contributed by atoms with van der Waals surface area (Å²) in [5.74, 6) is 0. The molecule has 0 N–H and O–H groups in total. The highest BCUT2D eigenvalue weighted by atomic mass is 19.4. The second-order valence-corrected chi connectivity index (χ2v) is 3.25. The van der Waals surface area contributed by atoms with Gasteiger partial charge in [0.2, 0.25) is 0 Å². The molecule has 1 atom stereocenters. The van der Waals surface area contributed by atoms with Crippen molar-refractivity contribution in [2.24, 2.45) is 5.10 Å². The lowest BCUT2D eigenvalue weighted by Gasteiger charge is -2.28. The Morgan fingerprint density at radius 1 is 1.43 bits per heavy atom. The van der Waals surface area contributed by atoms with Crippen molar-refractivity contribution in [3.63, 3.8) is 0 Å². The summed E-state index contributed by atoms with van der Waals surface area (Å²) in [6, 6.07) is 0. The maximum Gasteiger partial charge on any atom is 0.487 e. The van der Waals surface area contributed by atoms with Gasteiger partial charge in [-0.2, -0.15) is 5.10 Å². The van der Waals surface area contributed by atoms with Crippen LogP contribution < -0.4 is 0 Å². The number of hydrazone groups is 1. The quantitative estimate of drug-likeness (QED) is 0.663. The summed E-state index contributed by atoms with van der Waals surface area (Å²) in [5, 5.41) is 5.17. The Morgan fingerprint density at radius 3 is 2.50 bits per heavy atom. The van der Waals surface area contributed by atoms with Crippen LogP contribution in [0.1, 0.15) is 26.7 Å². The van der Waals surface area contributed by atoms with E-state index in [0.29, 0.717) is 11.4 Å². The van der Waals surface area contributed by atoms with Gasteiger partial charge in [-0.15, -0.1) is 13.2 Å². The molecule has 1 heterocycles. The molecule has 14 heavy (non-hydrogen) atoms. The molecule has 0 aliphatic carbocycles. The van der Waals surface area contributed by atoms with Crippen LogP contribution in [0.4, 0.5) is 13.2 Å². The molecule has 0 saturated carbocycles. The highest BCUT2D eigenvalue weighted by Gasteiger charge is 2.43. The van der Waals surface area contributed by atoms with Gasteiger partial charge in [0, 0.05) is 6.54 Å². The molecule has 0 aromatic rings. The van der Waals surface area contributed by atoms with Gasteiger partial charge in [-0.25, -0.2) is 0 Å². The SMILES string of the molecule is CCCCN1N=CN(C(F)(F)F)C1C. The van der Waals surface area contributed by atoms with Crippen molar-refractivity contribution in [1.82, 2.24) is 9.91 Å². The van der Waals surface area contributed by atoms with Crippen LogP contribution in [-0.2, 0) is 0 Å². The molecule has 0 fully saturated rings. The summed E-state index contributed by atoms with van der Waals surface area (Å²) < 4.78 is 36.9. The van der Waals surface area contributed by atoms with Crippen LogP contribution in [0, 0.1) is 0 Å². The second-order valence-electron chi connectivity index (χ2n) is 3.25. The van der Waals surface area contributed by atoms with Crippen molar-refractivity contribution in [3.05, 3.63) is 0 Å². The summed E-state index contributed by atoms with van der Waals surface area (Å²) in [6.45, 7) is 4.06. The molecule has 6 heteroatoms. The Labute approximate surface area is 81.2 Å². The molecule has 0 bridgehead atoms. The Hall–Kier alpha value is -0.940. The molecular weight excluding hydrogens is 195 g/mol. The lowest BCUT2D eigenvalue weighted by molar-refractivity contribution is -0.232. The number of rotatable bonds is 3. The first-order valence-electron chi connectivity index (χ1n) is 4.62. The van der Waals surface area contributed by atoms with Crippen LogP contribution in [0.5, 0.6) is 0 Å². The molecule has 3 nitrogen and oxygen atoms in total. The number of unbranched alkanes of at least 4 members (excludes halogenated alkanes) is 1. The first-order chi connectivity index (χ1) is 6.46. The normalized spacial score (nSPS) is 22.2. The molecule has 0 aromatic heterocycles. The van der Waals surface area contributed by atoms with Gasteiger partial charge in [0.05, 0.1) is 0 Å². The lowest BCUT2D eigenvalue weighted by atomic mass is 10.3. The smallest absolute Gasteiger partial charge is 0.273 e. The van der Waals surface area contributed by atoms with Crippen LogP contribution in [0.3, 0.4) is 0 Å². The van der Waals surface area contributed by atoms with Crippen LogP contribution in [0.2, 0.25) is 0 Å². The Balaban J connectivity index is 2.52. The molecule has 0 radical (unpaired) electrons. The van der Waals surface area contributed by atoms with Crippen molar-refractivity contribution in [2.45, 2.75) is 39.2 Å². The van der Waals surface area contributed by atoms with Gasteiger partial charge >= 0.3 is 6.30 Å². The van der Waals surface area contributed by atoms with Crippen LogP contribution in [0.15, 0.2) is 5.10 Å². The third kappa shape index (κ3) is 2.30. The van der Waals surface area contributed by atoms with Gasteiger partial charge in [-0.1, -0.05) is 13.3 Å². The van der Waals surface area contributed by atoms with E-state index >= 15 is 0 Å². The predicted octanol–water partition coefficient (Wildman–Crippen LogP) is 2.21. The van der Waals surface area contributed by atoms with Crippen molar-refractivity contribution in [2.75, 3.05) is 6.54 Å². The molecule has 0 spiro atoms. The van der Waals surface area contributed by atoms with E-state index in [1.54, 1.807) is 0 Å². The standard InChI is InChI=1S/C8H14F3N3/c1-3-4-5-14-7(2)13(6-12-14)8(9,10)11/h6-7H,3-5H2,1-2H3. The van der Waals surface area contributed by atoms with Gasteiger partial charge in [-0.3, -0.25) is 9.91 Å².